The minimum Gasteiger partial charge on any atom is -0.417 e. The maximum Gasteiger partial charge on any atom is 0.392 e. The Labute approximate surface area is 133 Å². The fourth-order valence-electron chi connectivity index (χ4n) is 2.29. The van der Waals surface area contributed by atoms with Crippen LogP contribution in [0.15, 0.2) is 23.3 Å². The normalized spacial score (nSPS) is 19.8. The van der Waals surface area contributed by atoms with Crippen molar-refractivity contribution in [1.82, 2.24) is 10.3 Å². The van der Waals surface area contributed by atoms with Gasteiger partial charge in [0.2, 0.25) is 5.88 Å². The molecule has 1 atom stereocenters. The van der Waals surface area contributed by atoms with E-state index in [0.717, 1.165) is 0 Å². The molecule has 1 aliphatic carbocycles. The van der Waals surface area contributed by atoms with E-state index in [4.69, 9.17) is 0 Å². The molecule has 10 heteroatoms. The van der Waals surface area contributed by atoms with Crippen LogP contribution in [0.3, 0.4) is 0 Å². The maximum absolute atomic E-state index is 12.5. The number of hydrogen-bond donors (Lipinski definition) is 1. The first-order valence-electron chi connectivity index (χ1n) is 7.05. The van der Waals surface area contributed by atoms with Gasteiger partial charge in [0.15, 0.2) is 0 Å². The summed E-state index contributed by atoms with van der Waals surface area (Å²) in [6.07, 6.45) is -3.28. The van der Waals surface area contributed by atoms with Gasteiger partial charge in [0.05, 0.1) is 5.92 Å². The van der Waals surface area contributed by atoms with Crippen LogP contribution in [0.4, 0.5) is 26.7 Å². The summed E-state index contributed by atoms with van der Waals surface area (Å²) < 4.78 is 65.9. The van der Waals surface area contributed by atoms with E-state index in [1.165, 1.54) is 18.3 Å². The van der Waals surface area contributed by atoms with Gasteiger partial charge in [0.25, 0.3) is 0 Å². The number of nitrogens with zero attached hydrogens (tertiary/aromatic N) is 2. The SMILES string of the molecule is O=C(/N=C1\CC[C@@H](C(F)(F)F)C1)NCc1ccnc(OC(F)F)c1. The van der Waals surface area contributed by atoms with Crippen LogP contribution in [0.5, 0.6) is 5.88 Å². The molecule has 0 aromatic carbocycles. The van der Waals surface area contributed by atoms with Crippen molar-refractivity contribution in [3.8, 4) is 5.88 Å². The van der Waals surface area contributed by atoms with Gasteiger partial charge < -0.3 is 10.1 Å². The molecule has 2 amide bonds. The Morgan fingerprint density at radius 1 is 1.46 bits per heavy atom. The van der Waals surface area contributed by atoms with Crippen LogP contribution in [-0.4, -0.2) is 29.5 Å². The highest BCUT2D eigenvalue weighted by Gasteiger charge is 2.43. The third kappa shape index (κ3) is 5.43. The molecule has 0 unspecified atom stereocenters. The van der Waals surface area contributed by atoms with Crippen LogP contribution in [-0.2, 0) is 6.54 Å². The monoisotopic (exact) mass is 351 g/mol. The number of carbonyl (C=O) groups excluding carboxylic acids is 1. The number of pyridine rings is 1. The summed E-state index contributed by atoms with van der Waals surface area (Å²) in [5.74, 6) is -1.76. The zero-order valence-electron chi connectivity index (χ0n) is 12.3. The average molecular weight is 351 g/mol. The summed E-state index contributed by atoms with van der Waals surface area (Å²) in [6.45, 7) is -3.06. The van der Waals surface area contributed by atoms with E-state index in [1.807, 2.05) is 0 Å². The van der Waals surface area contributed by atoms with Crippen LogP contribution in [0.25, 0.3) is 0 Å². The molecule has 24 heavy (non-hydrogen) atoms. The van der Waals surface area contributed by atoms with Crippen molar-refractivity contribution >= 4 is 11.7 Å². The Morgan fingerprint density at radius 3 is 2.83 bits per heavy atom. The fourth-order valence-corrected chi connectivity index (χ4v) is 2.29. The van der Waals surface area contributed by atoms with E-state index in [-0.39, 0.29) is 37.4 Å². The quantitative estimate of drug-likeness (QED) is 0.842. The zero-order chi connectivity index (χ0) is 17.7. The van der Waals surface area contributed by atoms with Crippen molar-refractivity contribution in [2.24, 2.45) is 10.9 Å². The molecule has 1 aliphatic rings. The first-order valence-corrected chi connectivity index (χ1v) is 7.05. The summed E-state index contributed by atoms with van der Waals surface area (Å²) in [6, 6.07) is 1.91. The Bertz CT molecular complexity index is 619. The molecule has 1 aromatic rings. The fraction of sp³-hybridized carbons (Fsp3) is 0.500. The van der Waals surface area contributed by atoms with Crippen LogP contribution < -0.4 is 10.1 Å². The lowest BCUT2D eigenvalue weighted by molar-refractivity contribution is -0.171. The number of hydrogen-bond acceptors (Lipinski definition) is 3. The van der Waals surface area contributed by atoms with Crippen LogP contribution in [0.1, 0.15) is 24.8 Å². The number of urea groups is 1. The van der Waals surface area contributed by atoms with Crippen LogP contribution in [0.2, 0.25) is 0 Å². The van der Waals surface area contributed by atoms with Crippen molar-refractivity contribution in [1.29, 1.82) is 0 Å². The molecule has 1 N–H and O–H groups in total. The van der Waals surface area contributed by atoms with E-state index < -0.39 is 24.7 Å². The molecule has 2 rings (SSSR count). The van der Waals surface area contributed by atoms with Gasteiger partial charge >= 0.3 is 18.8 Å². The first-order chi connectivity index (χ1) is 11.2. The zero-order valence-corrected chi connectivity index (χ0v) is 12.3. The van der Waals surface area contributed by atoms with Crippen molar-refractivity contribution in [3.63, 3.8) is 0 Å². The first kappa shape index (κ1) is 18.1. The molecular formula is C14H14F5N3O2. The lowest BCUT2D eigenvalue weighted by Crippen LogP contribution is -2.22. The highest BCUT2D eigenvalue weighted by Crippen LogP contribution is 2.37. The Hall–Kier alpha value is -2.26. The predicted octanol–water partition coefficient (Wildman–Crippen LogP) is 3.70. The highest BCUT2D eigenvalue weighted by molar-refractivity contribution is 5.96. The van der Waals surface area contributed by atoms with Gasteiger partial charge in [-0.15, -0.1) is 0 Å². The van der Waals surface area contributed by atoms with Gasteiger partial charge in [-0.05, 0) is 30.9 Å². The van der Waals surface area contributed by atoms with Crippen molar-refractivity contribution in [2.45, 2.75) is 38.6 Å². The third-order valence-electron chi connectivity index (χ3n) is 3.44. The van der Waals surface area contributed by atoms with Crippen LogP contribution >= 0.6 is 0 Å². The van der Waals surface area contributed by atoms with E-state index >= 15 is 0 Å². The number of halogens is 5. The second-order valence-electron chi connectivity index (χ2n) is 5.20. The number of carbonyl (C=O) groups is 1. The Kier molecular flexibility index (Phi) is 5.68. The summed E-state index contributed by atoms with van der Waals surface area (Å²) in [5, 5.41) is 2.38. The standard InChI is InChI=1S/C14H14F5N3O2/c15-12(16)24-11-5-8(3-4-20-11)7-21-13(23)22-10-2-1-9(6-10)14(17,18)19/h3-5,9,12H,1-2,6-7H2,(H,21,23)/b22-10+/t9-/m1/s1. The van der Waals surface area contributed by atoms with Gasteiger partial charge in [0, 0.05) is 24.5 Å². The number of aliphatic imine (C=N–C) groups is 1. The molecule has 1 fully saturated rings. The average Bonchev–Trinajstić information content (AvgIpc) is 2.93. The molecule has 0 spiro atoms. The molecule has 0 bridgehead atoms. The second kappa shape index (κ2) is 7.54. The number of aromatic nitrogens is 1. The number of ether oxygens (including phenoxy) is 1. The van der Waals surface area contributed by atoms with Gasteiger partial charge in [-0.1, -0.05) is 0 Å². The molecule has 5 nitrogen and oxygen atoms in total. The summed E-state index contributed by atoms with van der Waals surface area (Å²) in [5.41, 5.74) is 0.639. The summed E-state index contributed by atoms with van der Waals surface area (Å²) >= 11 is 0. The topological polar surface area (TPSA) is 63.6 Å². The van der Waals surface area contributed by atoms with Gasteiger partial charge in [-0.25, -0.2) is 14.8 Å². The molecular weight excluding hydrogens is 337 g/mol. The summed E-state index contributed by atoms with van der Waals surface area (Å²) in [4.78, 5) is 18.8. The molecule has 132 valence electrons. The number of nitrogens with one attached hydrogen (secondary N) is 1. The molecule has 0 saturated heterocycles. The Morgan fingerprint density at radius 2 is 2.21 bits per heavy atom. The Balaban J connectivity index is 1.87. The third-order valence-corrected chi connectivity index (χ3v) is 3.44. The van der Waals surface area contributed by atoms with Crippen molar-refractivity contribution in [3.05, 3.63) is 23.9 Å². The molecule has 1 heterocycles. The molecule has 0 aliphatic heterocycles. The molecule has 1 saturated carbocycles. The summed E-state index contributed by atoms with van der Waals surface area (Å²) in [7, 11) is 0. The van der Waals surface area contributed by atoms with Crippen molar-refractivity contribution in [2.75, 3.05) is 0 Å². The van der Waals surface area contributed by atoms with E-state index in [1.54, 1.807) is 0 Å². The largest absolute Gasteiger partial charge is 0.417 e. The van der Waals surface area contributed by atoms with Gasteiger partial charge in [-0.3, -0.25) is 0 Å². The second-order valence-corrected chi connectivity index (χ2v) is 5.20. The smallest absolute Gasteiger partial charge is 0.392 e. The van der Waals surface area contributed by atoms with Gasteiger partial charge in [-0.2, -0.15) is 22.0 Å². The number of amides is 2. The number of alkyl halides is 5. The van der Waals surface area contributed by atoms with Gasteiger partial charge in [0.1, 0.15) is 0 Å². The lowest BCUT2D eigenvalue weighted by Gasteiger charge is -2.12. The lowest BCUT2D eigenvalue weighted by atomic mass is 10.1. The minimum absolute atomic E-state index is 0.0412. The minimum atomic E-state index is -4.29. The number of rotatable bonds is 4. The van der Waals surface area contributed by atoms with Crippen LogP contribution in [0, 0.1) is 5.92 Å². The van der Waals surface area contributed by atoms with Crippen molar-refractivity contribution < 1.29 is 31.5 Å². The maximum atomic E-state index is 12.5. The highest BCUT2D eigenvalue weighted by atomic mass is 19.4. The predicted molar refractivity (Wildman–Crippen MR) is 73.9 cm³/mol. The van der Waals surface area contributed by atoms with E-state index in [9.17, 15) is 26.7 Å². The molecule has 0 radical (unpaired) electrons. The van der Waals surface area contributed by atoms with E-state index in [2.05, 4.69) is 20.0 Å². The molecule has 1 aromatic heterocycles. The van der Waals surface area contributed by atoms with E-state index in [0.29, 0.717) is 5.56 Å².